The van der Waals surface area contributed by atoms with Gasteiger partial charge in [0.15, 0.2) is 0 Å². The van der Waals surface area contributed by atoms with Crippen LogP contribution in [0.4, 0.5) is 11.4 Å². The second kappa shape index (κ2) is 6.70. The first kappa shape index (κ1) is 16.6. The van der Waals surface area contributed by atoms with Gasteiger partial charge in [-0.1, -0.05) is 24.3 Å². The van der Waals surface area contributed by atoms with E-state index in [1.165, 1.54) is 4.31 Å². The van der Waals surface area contributed by atoms with Gasteiger partial charge in [0.2, 0.25) is 10.0 Å². The highest BCUT2D eigenvalue weighted by Crippen LogP contribution is 2.30. The van der Waals surface area contributed by atoms with E-state index in [4.69, 9.17) is 10.5 Å². The van der Waals surface area contributed by atoms with Crippen molar-refractivity contribution in [1.82, 2.24) is 4.31 Å². The van der Waals surface area contributed by atoms with Crippen molar-refractivity contribution in [3.8, 4) is 5.75 Å². The van der Waals surface area contributed by atoms with Crippen molar-refractivity contribution in [3.05, 3.63) is 48.5 Å². The number of nitrogen functional groups attached to an aromatic ring is 1. The molecule has 0 bridgehead atoms. The van der Waals surface area contributed by atoms with Crippen molar-refractivity contribution in [2.75, 3.05) is 43.9 Å². The molecule has 0 atom stereocenters. The van der Waals surface area contributed by atoms with E-state index in [-0.39, 0.29) is 10.6 Å². The van der Waals surface area contributed by atoms with Gasteiger partial charge in [0.05, 0.1) is 18.5 Å². The summed E-state index contributed by atoms with van der Waals surface area (Å²) in [5.41, 5.74) is 7.10. The fourth-order valence-corrected chi connectivity index (χ4v) is 4.45. The molecule has 2 N–H and O–H groups in total. The van der Waals surface area contributed by atoms with Crippen LogP contribution in [0.15, 0.2) is 53.4 Å². The molecule has 2 aromatic rings. The van der Waals surface area contributed by atoms with Crippen molar-refractivity contribution < 1.29 is 13.2 Å². The quantitative estimate of drug-likeness (QED) is 0.854. The number of hydrogen-bond donors (Lipinski definition) is 1. The average molecular weight is 347 g/mol. The average Bonchev–Trinajstić information content (AvgIpc) is 2.62. The van der Waals surface area contributed by atoms with Gasteiger partial charge >= 0.3 is 0 Å². The summed E-state index contributed by atoms with van der Waals surface area (Å²) in [6.45, 7) is 2.03. The number of piperazine rings is 1. The zero-order chi connectivity index (χ0) is 17.2. The Kier molecular flexibility index (Phi) is 4.64. The molecular weight excluding hydrogens is 326 g/mol. The van der Waals surface area contributed by atoms with Crippen LogP contribution in [0.1, 0.15) is 0 Å². The monoisotopic (exact) mass is 347 g/mol. The van der Waals surface area contributed by atoms with Crippen LogP contribution in [0.5, 0.6) is 5.75 Å². The van der Waals surface area contributed by atoms with Crippen LogP contribution in [0.25, 0.3) is 0 Å². The van der Waals surface area contributed by atoms with E-state index in [1.54, 1.807) is 31.4 Å². The van der Waals surface area contributed by atoms with Crippen LogP contribution >= 0.6 is 0 Å². The summed E-state index contributed by atoms with van der Waals surface area (Å²) in [5, 5.41) is 0. The lowest BCUT2D eigenvalue weighted by Gasteiger charge is -2.36. The van der Waals surface area contributed by atoms with Crippen LogP contribution < -0.4 is 15.4 Å². The molecule has 2 aromatic carbocycles. The molecule has 128 valence electrons. The Bertz CT molecular complexity index is 815. The molecule has 0 amide bonds. The van der Waals surface area contributed by atoms with E-state index < -0.39 is 10.0 Å². The number of nitrogens with two attached hydrogens (primary N) is 1. The normalized spacial score (nSPS) is 16.1. The third-order valence-electron chi connectivity index (χ3n) is 4.20. The summed E-state index contributed by atoms with van der Waals surface area (Å²) in [6.07, 6.45) is 0. The standard InChI is InChI=1S/C17H21N3O3S/c1-23-16-8-4-3-7-15(16)19-10-12-20(13-11-19)24(21,22)17-9-5-2-6-14(17)18/h2-9H,10-13,18H2,1H3. The number of methoxy groups -OCH3 is 1. The molecule has 1 aliphatic rings. The van der Waals surface area contributed by atoms with E-state index in [0.717, 1.165) is 11.4 Å². The molecule has 0 radical (unpaired) electrons. The smallest absolute Gasteiger partial charge is 0.245 e. The highest BCUT2D eigenvalue weighted by molar-refractivity contribution is 7.89. The maximum absolute atomic E-state index is 12.8. The summed E-state index contributed by atoms with van der Waals surface area (Å²) in [4.78, 5) is 2.31. The third kappa shape index (κ3) is 3.05. The molecule has 1 fully saturated rings. The van der Waals surface area contributed by atoms with Crippen molar-refractivity contribution in [3.63, 3.8) is 0 Å². The molecule has 1 saturated heterocycles. The van der Waals surface area contributed by atoms with Gasteiger partial charge in [0, 0.05) is 26.2 Å². The number of nitrogens with zero attached hydrogens (tertiary/aromatic N) is 2. The van der Waals surface area contributed by atoms with Crippen LogP contribution in [0.3, 0.4) is 0 Å². The summed E-state index contributed by atoms with van der Waals surface area (Å²) in [6, 6.07) is 14.3. The van der Waals surface area contributed by atoms with E-state index >= 15 is 0 Å². The molecule has 1 aliphatic heterocycles. The Morgan fingerprint density at radius 3 is 2.25 bits per heavy atom. The minimum atomic E-state index is -3.56. The zero-order valence-electron chi connectivity index (χ0n) is 13.6. The predicted octanol–water partition coefficient (Wildman–Crippen LogP) is 1.79. The maximum atomic E-state index is 12.8. The lowest BCUT2D eigenvalue weighted by Crippen LogP contribution is -2.48. The maximum Gasteiger partial charge on any atom is 0.245 e. The van der Waals surface area contributed by atoms with Gasteiger partial charge in [-0.05, 0) is 24.3 Å². The molecule has 0 spiro atoms. The number of para-hydroxylation sites is 3. The Hall–Kier alpha value is -2.25. The SMILES string of the molecule is COc1ccccc1N1CCN(S(=O)(=O)c2ccccc2N)CC1. The molecule has 0 unspecified atom stereocenters. The van der Waals surface area contributed by atoms with Gasteiger partial charge in [-0.3, -0.25) is 0 Å². The predicted molar refractivity (Wildman–Crippen MR) is 94.8 cm³/mol. The fraction of sp³-hybridized carbons (Fsp3) is 0.294. The second-order valence-electron chi connectivity index (χ2n) is 5.60. The fourth-order valence-electron chi connectivity index (χ4n) is 2.91. The molecule has 7 heteroatoms. The molecule has 6 nitrogen and oxygen atoms in total. The first-order valence-electron chi connectivity index (χ1n) is 7.76. The molecule has 0 saturated carbocycles. The van der Waals surface area contributed by atoms with Gasteiger partial charge in [0.1, 0.15) is 10.6 Å². The topological polar surface area (TPSA) is 75.9 Å². The first-order valence-corrected chi connectivity index (χ1v) is 9.20. The number of anilines is 2. The number of ether oxygens (including phenoxy) is 1. The van der Waals surface area contributed by atoms with Crippen LogP contribution in [-0.2, 0) is 10.0 Å². The van der Waals surface area contributed by atoms with Crippen molar-refractivity contribution >= 4 is 21.4 Å². The third-order valence-corrected chi connectivity index (χ3v) is 6.17. The summed E-state index contributed by atoms with van der Waals surface area (Å²) in [5.74, 6) is 0.793. The highest BCUT2D eigenvalue weighted by Gasteiger charge is 2.30. The van der Waals surface area contributed by atoms with E-state index in [1.807, 2.05) is 24.3 Å². The molecule has 24 heavy (non-hydrogen) atoms. The molecular formula is C17H21N3O3S. The Morgan fingerprint density at radius 2 is 1.58 bits per heavy atom. The highest BCUT2D eigenvalue weighted by atomic mass is 32.2. The van der Waals surface area contributed by atoms with Crippen LogP contribution in [0.2, 0.25) is 0 Å². The minimum absolute atomic E-state index is 0.177. The van der Waals surface area contributed by atoms with Gasteiger partial charge < -0.3 is 15.4 Å². The van der Waals surface area contributed by atoms with Crippen LogP contribution in [-0.4, -0.2) is 46.0 Å². The number of benzene rings is 2. The van der Waals surface area contributed by atoms with Gasteiger partial charge in [-0.2, -0.15) is 4.31 Å². The lowest BCUT2D eigenvalue weighted by atomic mass is 10.2. The van der Waals surface area contributed by atoms with Crippen molar-refractivity contribution in [2.24, 2.45) is 0 Å². The van der Waals surface area contributed by atoms with Crippen molar-refractivity contribution in [1.29, 1.82) is 0 Å². The molecule has 0 aliphatic carbocycles. The summed E-state index contributed by atoms with van der Waals surface area (Å²) < 4.78 is 32.4. The Labute approximate surface area is 142 Å². The Morgan fingerprint density at radius 1 is 0.958 bits per heavy atom. The number of rotatable bonds is 4. The molecule has 1 heterocycles. The summed E-state index contributed by atoms with van der Waals surface area (Å²) in [7, 11) is -1.93. The lowest BCUT2D eigenvalue weighted by molar-refractivity contribution is 0.378. The summed E-state index contributed by atoms with van der Waals surface area (Å²) >= 11 is 0. The van der Waals surface area contributed by atoms with E-state index in [9.17, 15) is 8.42 Å². The van der Waals surface area contributed by atoms with Crippen LogP contribution in [0, 0.1) is 0 Å². The van der Waals surface area contributed by atoms with E-state index in [2.05, 4.69) is 4.90 Å². The van der Waals surface area contributed by atoms with Gasteiger partial charge in [-0.25, -0.2) is 8.42 Å². The number of sulfonamides is 1. The molecule has 3 rings (SSSR count). The zero-order valence-corrected chi connectivity index (χ0v) is 14.4. The van der Waals surface area contributed by atoms with E-state index in [0.29, 0.717) is 26.2 Å². The second-order valence-corrected chi connectivity index (χ2v) is 7.51. The van der Waals surface area contributed by atoms with Gasteiger partial charge in [-0.15, -0.1) is 0 Å². The minimum Gasteiger partial charge on any atom is -0.495 e. The first-order chi connectivity index (χ1) is 11.5. The largest absolute Gasteiger partial charge is 0.495 e. The van der Waals surface area contributed by atoms with Gasteiger partial charge in [0.25, 0.3) is 0 Å². The Balaban J connectivity index is 1.77. The molecule has 0 aromatic heterocycles. The van der Waals surface area contributed by atoms with Crippen molar-refractivity contribution in [2.45, 2.75) is 4.90 Å². The number of hydrogen-bond acceptors (Lipinski definition) is 5.